The topological polar surface area (TPSA) is 66.6 Å². The van der Waals surface area contributed by atoms with Gasteiger partial charge in [0, 0.05) is 30.0 Å². The monoisotopic (exact) mass is 339 g/mol. The first-order valence-corrected chi connectivity index (χ1v) is 8.55. The molecule has 0 saturated heterocycles. The molecule has 3 aromatic rings. The van der Waals surface area contributed by atoms with Gasteiger partial charge in [-0.3, -0.25) is 5.43 Å². The molecule has 0 saturated carbocycles. The van der Waals surface area contributed by atoms with Crippen LogP contribution in [-0.4, -0.2) is 34.7 Å². The van der Waals surface area contributed by atoms with Crippen LogP contribution in [0, 0.1) is 0 Å². The molecule has 24 heavy (non-hydrogen) atoms. The van der Waals surface area contributed by atoms with Crippen molar-refractivity contribution in [2.24, 2.45) is 5.10 Å². The fourth-order valence-corrected chi connectivity index (χ4v) is 3.69. The summed E-state index contributed by atoms with van der Waals surface area (Å²) in [5.41, 5.74) is 6.15. The zero-order chi connectivity index (χ0) is 16.4. The molecule has 1 aliphatic heterocycles. The van der Waals surface area contributed by atoms with Crippen LogP contribution in [-0.2, 0) is 13.0 Å². The molecule has 0 fully saturated rings. The molecule has 0 aliphatic carbocycles. The molecule has 7 heteroatoms. The summed E-state index contributed by atoms with van der Waals surface area (Å²) in [5.74, 6) is 0.753. The van der Waals surface area contributed by atoms with E-state index in [1.807, 2.05) is 24.3 Å². The van der Waals surface area contributed by atoms with E-state index in [1.165, 1.54) is 17.0 Å². The molecule has 122 valence electrons. The minimum absolute atomic E-state index is 0.753. The average Bonchev–Trinajstić information content (AvgIpc) is 3.24. The van der Waals surface area contributed by atoms with Gasteiger partial charge in [-0.1, -0.05) is 0 Å². The van der Waals surface area contributed by atoms with Crippen molar-refractivity contribution in [2.75, 3.05) is 19.0 Å². The van der Waals surface area contributed by atoms with Crippen LogP contribution in [0.3, 0.4) is 0 Å². The van der Waals surface area contributed by atoms with Gasteiger partial charge in [0.05, 0.1) is 23.8 Å². The Morgan fingerprint density at radius 2 is 2.21 bits per heavy atom. The molecule has 0 unspecified atom stereocenters. The second-order valence-electron chi connectivity index (χ2n) is 5.72. The van der Waals surface area contributed by atoms with Gasteiger partial charge in [-0.15, -0.1) is 11.3 Å². The third-order valence-corrected chi connectivity index (χ3v) is 4.93. The van der Waals surface area contributed by atoms with Crippen LogP contribution < -0.4 is 5.43 Å². The van der Waals surface area contributed by atoms with E-state index in [9.17, 15) is 0 Å². The van der Waals surface area contributed by atoms with Crippen molar-refractivity contribution >= 4 is 23.2 Å². The number of nitrogens with zero attached hydrogens (tertiary/aromatic N) is 4. The van der Waals surface area contributed by atoms with Gasteiger partial charge >= 0.3 is 0 Å². The number of hydrogen-bond donors (Lipinski definition) is 1. The van der Waals surface area contributed by atoms with Crippen molar-refractivity contribution in [3.8, 4) is 11.3 Å². The molecular formula is C17H17N5OS. The number of hydrazone groups is 1. The first-order chi connectivity index (χ1) is 11.8. The molecule has 1 aliphatic rings. The number of nitrogens with one attached hydrogen (secondary N) is 1. The maximum absolute atomic E-state index is 5.27. The lowest BCUT2D eigenvalue weighted by atomic mass is 10.2. The third-order valence-electron chi connectivity index (χ3n) is 3.91. The Morgan fingerprint density at radius 3 is 3.00 bits per heavy atom. The van der Waals surface area contributed by atoms with E-state index < -0.39 is 0 Å². The number of thiazole rings is 1. The molecule has 0 bridgehead atoms. The predicted octanol–water partition coefficient (Wildman–Crippen LogP) is 3.23. The van der Waals surface area contributed by atoms with Crippen molar-refractivity contribution in [3.63, 3.8) is 0 Å². The molecule has 0 spiro atoms. The Hall–Kier alpha value is -2.51. The van der Waals surface area contributed by atoms with Gasteiger partial charge in [0.25, 0.3) is 0 Å². The quantitative estimate of drug-likeness (QED) is 0.584. The highest BCUT2D eigenvalue weighted by Crippen LogP contribution is 2.24. The van der Waals surface area contributed by atoms with Gasteiger partial charge in [0.1, 0.15) is 5.01 Å². The molecule has 6 nitrogen and oxygen atoms in total. The van der Waals surface area contributed by atoms with Crippen molar-refractivity contribution in [1.82, 2.24) is 14.9 Å². The van der Waals surface area contributed by atoms with E-state index in [2.05, 4.69) is 32.4 Å². The first kappa shape index (κ1) is 15.0. The van der Waals surface area contributed by atoms with Crippen LogP contribution in [0.2, 0.25) is 0 Å². The lowest BCUT2D eigenvalue weighted by Gasteiger charge is -2.20. The zero-order valence-corrected chi connectivity index (χ0v) is 14.1. The second kappa shape index (κ2) is 6.54. The average molecular weight is 339 g/mol. The lowest BCUT2D eigenvalue weighted by Crippen LogP contribution is -2.25. The molecular weight excluding hydrogens is 322 g/mol. The van der Waals surface area contributed by atoms with E-state index in [0.29, 0.717) is 0 Å². The Kier molecular flexibility index (Phi) is 4.10. The number of oxazole rings is 1. The van der Waals surface area contributed by atoms with Crippen LogP contribution in [0.25, 0.3) is 11.3 Å². The fraction of sp³-hybridized carbons (Fsp3) is 0.235. The van der Waals surface area contributed by atoms with E-state index in [0.717, 1.165) is 41.5 Å². The van der Waals surface area contributed by atoms with E-state index in [4.69, 9.17) is 4.42 Å². The summed E-state index contributed by atoms with van der Waals surface area (Å²) in [4.78, 5) is 12.2. The van der Waals surface area contributed by atoms with Crippen LogP contribution in [0.15, 0.2) is 46.4 Å². The lowest BCUT2D eigenvalue weighted by molar-refractivity contribution is 0.314. The maximum atomic E-state index is 5.27. The number of benzene rings is 1. The Bertz CT molecular complexity index is 839. The SMILES string of the molecule is CN1CCc2nc(/C=N/Nc3ccc(-c4cnco4)cc3)sc2C1. The number of anilines is 1. The van der Waals surface area contributed by atoms with Gasteiger partial charge in [0.15, 0.2) is 12.2 Å². The molecule has 3 heterocycles. The largest absolute Gasteiger partial charge is 0.444 e. The molecule has 0 radical (unpaired) electrons. The number of fused-ring (bicyclic) bond motifs is 1. The van der Waals surface area contributed by atoms with E-state index in [-0.39, 0.29) is 0 Å². The van der Waals surface area contributed by atoms with Crippen LogP contribution in [0.5, 0.6) is 0 Å². The number of likely N-dealkylation sites (N-methyl/N-ethyl adjacent to an activating group) is 1. The minimum Gasteiger partial charge on any atom is -0.444 e. The summed E-state index contributed by atoms with van der Waals surface area (Å²) in [5, 5.41) is 5.24. The molecule has 2 aromatic heterocycles. The normalized spacial score (nSPS) is 14.9. The van der Waals surface area contributed by atoms with Gasteiger partial charge < -0.3 is 9.32 Å². The number of rotatable bonds is 4. The first-order valence-electron chi connectivity index (χ1n) is 7.73. The maximum Gasteiger partial charge on any atom is 0.181 e. The third kappa shape index (κ3) is 3.22. The van der Waals surface area contributed by atoms with Crippen molar-refractivity contribution in [2.45, 2.75) is 13.0 Å². The van der Waals surface area contributed by atoms with Crippen molar-refractivity contribution < 1.29 is 4.42 Å². The summed E-state index contributed by atoms with van der Waals surface area (Å²) in [7, 11) is 2.14. The van der Waals surface area contributed by atoms with Gasteiger partial charge in [-0.25, -0.2) is 9.97 Å². The molecule has 4 rings (SSSR count). The van der Waals surface area contributed by atoms with Crippen LogP contribution >= 0.6 is 11.3 Å². The summed E-state index contributed by atoms with van der Waals surface area (Å²) >= 11 is 1.71. The van der Waals surface area contributed by atoms with Crippen molar-refractivity contribution in [3.05, 3.63) is 52.4 Å². The number of hydrogen-bond acceptors (Lipinski definition) is 7. The van der Waals surface area contributed by atoms with Crippen LogP contribution in [0.1, 0.15) is 15.6 Å². The Labute approximate surface area is 143 Å². The molecule has 0 atom stereocenters. The Balaban J connectivity index is 1.40. The van der Waals surface area contributed by atoms with E-state index >= 15 is 0 Å². The summed E-state index contributed by atoms with van der Waals surface area (Å²) in [6.07, 6.45) is 5.93. The highest BCUT2D eigenvalue weighted by Gasteiger charge is 2.17. The molecule has 0 amide bonds. The highest BCUT2D eigenvalue weighted by atomic mass is 32.1. The Morgan fingerprint density at radius 1 is 1.33 bits per heavy atom. The molecule has 1 N–H and O–H groups in total. The smallest absolute Gasteiger partial charge is 0.181 e. The second-order valence-corrected chi connectivity index (χ2v) is 6.84. The number of aromatic nitrogens is 2. The van der Waals surface area contributed by atoms with E-state index in [1.54, 1.807) is 23.7 Å². The van der Waals surface area contributed by atoms with Gasteiger partial charge in [0.2, 0.25) is 0 Å². The van der Waals surface area contributed by atoms with Gasteiger partial charge in [-0.2, -0.15) is 5.10 Å². The fourth-order valence-electron chi connectivity index (χ4n) is 2.63. The highest BCUT2D eigenvalue weighted by molar-refractivity contribution is 7.13. The van der Waals surface area contributed by atoms with Gasteiger partial charge in [-0.05, 0) is 31.3 Å². The minimum atomic E-state index is 0.753. The molecule has 1 aromatic carbocycles. The summed E-state index contributed by atoms with van der Waals surface area (Å²) in [6, 6.07) is 7.85. The summed E-state index contributed by atoms with van der Waals surface area (Å²) < 4.78 is 5.27. The van der Waals surface area contributed by atoms with Crippen molar-refractivity contribution in [1.29, 1.82) is 0 Å². The predicted molar refractivity (Wildman–Crippen MR) is 95.3 cm³/mol. The summed E-state index contributed by atoms with van der Waals surface area (Å²) in [6.45, 7) is 2.06. The standard InChI is InChI=1S/C17H17N5OS/c1-22-7-6-14-16(10-22)24-17(20-14)9-19-21-13-4-2-12(3-5-13)15-8-18-11-23-15/h2-5,8-9,11,21H,6-7,10H2,1H3/b19-9+. The zero-order valence-electron chi connectivity index (χ0n) is 13.3. The van der Waals surface area contributed by atoms with Crippen LogP contribution in [0.4, 0.5) is 5.69 Å².